The van der Waals surface area contributed by atoms with Gasteiger partial charge in [-0.15, -0.1) is 0 Å². The summed E-state index contributed by atoms with van der Waals surface area (Å²) in [5.41, 5.74) is 2.63. The Hall–Kier alpha value is -3.32. The van der Waals surface area contributed by atoms with Gasteiger partial charge < -0.3 is 0 Å². The molecule has 35 heavy (non-hydrogen) atoms. The third-order valence-electron chi connectivity index (χ3n) is 6.04. The number of hydrogen-bond donors (Lipinski definition) is 0. The van der Waals surface area contributed by atoms with Gasteiger partial charge in [-0.05, 0) is 54.1 Å². The highest BCUT2D eigenvalue weighted by atomic mass is 35.5. The molecule has 0 aliphatic carbocycles. The van der Waals surface area contributed by atoms with Crippen molar-refractivity contribution in [2.24, 2.45) is 0 Å². The average molecular weight is 505 g/mol. The van der Waals surface area contributed by atoms with E-state index in [1.165, 1.54) is 16.4 Å². The smallest absolute Gasteiger partial charge is 0.264 e. The van der Waals surface area contributed by atoms with E-state index in [9.17, 15) is 8.42 Å². The number of rotatable bonds is 7. The first-order valence-electron chi connectivity index (χ1n) is 11.4. The molecule has 2 atom stereocenters. The number of hydrogen-bond acceptors (Lipinski definition) is 4. The fourth-order valence-electron chi connectivity index (χ4n) is 4.35. The summed E-state index contributed by atoms with van der Waals surface area (Å²) in [6, 6.07) is 35.4. The molecule has 0 spiro atoms. The van der Waals surface area contributed by atoms with Crippen molar-refractivity contribution in [3.8, 4) is 0 Å². The molecule has 5 rings (SSSR count). The minimum atomic E-state index is -3.85. The Morgan fingerprint density at radius 2 is 1.37 bits per heavy atom. The van der Waals surface area contributed by atoms with E-state index in [2.05, 4.69) is 12.1 Å². The molecule has 178 valence electrons. The number of halogens is 1. The lowest BCUT2D eigenvalue weighted by Crippen LogP contribution is -2.38. The number of sulfonamides is 1. The van der Waals surface area contributed by atoms with Crippen molar-refractivity contribution >= 4 is 33.0 Å². The molecular weight excluding hydrogens is 480 g/mol. The van der Waals surface area contributed by atoms with Gasteiger partial charge in [-0.2, -0.15) is 0 Å². The van der Waals surface area contributed by atoms with Crippen LogP contribution in [0.3, 0.4) is 0 Å². The summed E-state index contributed by atoms with van der Waals surface area (Å²) < 4.78 is 28.9. The molecule has 1 heterocycles. The molecule has 0 amide bonds. The second kappa shape index (κ2) is 10.1. The lowest BCUT2D eigenvalue weighted by atomic mass is 10.0. The van der Waals surface area contributed by atoms with Gasteiger partial charge in [0.15, 0.2) is 0 Å². The van der Waals surface area contributed by atoms with Gasteiger partial charge in [0.05, 0.1) is 28.9 Å². The molecule has 0 bridgehead atoms. The maximum Gasteiger partial charge on any atom is 0.264 e. The normalized spacial score (nSPS) is 17.9. The first-order valence-corrected chi connectivity index (χ1v) is 13.2. The monoisotopic (exact) mass is 504 g/mol. The molecule has 1 saturated heterocycles. The predicted octanol–water partition coefficient (Wildman–Crippen LogP) is 6.49. The second-order valence-electron chi connectivity index (χ2n) is 8.38. The number of hydroxylamine groups is 1. The van der Waals surface area contributed by atoms with Crippen molar-refractivity contribution in [2.75, 3.05) is 15.9 Å². The van der Waals surface area contributed by atoms with Crippen LogP contribution < -0.4 is 9.37 Å². The van der Waals surface area contributed by atoms with Crippen LogP contribution in [0.2, 0.25) is 5.02 Å². The fourth-order valence-corrected chi connectivity index (χ4v) is 5.97. The molecule has 4 aromatic carbocycles. The Labute approximate surface area is 211 Å². The Balaban J connectivity index is 1.49. The average Bonchev–Trinajstić information content (AvgIpc) is 3.33. The van der Waals surface area contributed by atoms with Crippen LogP contribution in [0.1, 0.15) is 18.0 Å². The summed E-state index contributed by atoms with van der Waals surface area (Å²) in [5, 5.41) is 2.39. The van der Waals surface area contributed by atoms with E-state index in [0.29, 0.717) is 17.1 Å². The first-order chi connectivity index (χ1) is 17.0. The van der Waals surface area contributed by atoms with Crippen molar-refractivity contribution in [3.05, 3.63) is 126 Å². The molecule has 1 fully saturated rings. The quantitative estimate of drug-likeness (QED) is 0.289. The Morgan fingerprint density at radius 1 is 0.800 bits per heavy atom. The second-order valence-corrected chi connectivity index (χ2v) is 10.7. The third-order valence-corrected chi connectivity index (χ3v) is 8.10. The summed E-state index contributed by atoms with van der Waals surface area (Å²) in [4.78, 5) is 6.61. The van der Waals surface area contributed by atoms with Gasteiger partial charge in [0.25, 0.3) is 10.0 Å². The first kappa shape index (κ1) is 23.4. The topological polar surface area (TPSA) is 49.9 Å². The van der Waals surface area contributed by atoms with Gasteiger partial charge in [0.2, 0.25) is 0 Å². The van der Waals surface area contributed by atoms with E-state index >= 15 is 0 Å². The molecule has 1 aliphatic rings. The summed E-state index contributed by atoms with van der Waals surface area (Å²) in [5.74, 6) is 0. The molecule has 4 aromatic rings. The highest BCUT2D eigenvalue weighted by Gasteiger charge is 2.38. The van der Waals surface area contributed by atoms with E-state index in [1.54, 1.807) is 24.3 Å². The van der Waals surface area contributed by atoms with Crippen molar-refractivity contribution in [1.29, 1.82) is 0 Å². The van der Waals surface area contributed by atoms with Crippen LogP contribution in [-0.4, -0.2) is 21.1 Å². The van der Waals surface area contributed by atoms with Crippen molar-refractivity contribution < 1.29 is 13.3 Å². The highest BCUT2D eigenvalue weighted by molar-refractivity contribution is 7.92. The zero-order valence-electron chi connectivity index (χ0n) is 18.9. The maximum absolute atomic E-state index is 13.7. The third kappa shape index (κ3) is 5.05. The van der Waals surface area contributed by atoms with Crippen LogP contribution in [0.4, 0.5) is 11.4 Å². The standard InChI is InChI=1S/C28H25ClN2O3S/c29-23-16-18-27(19-17-23)35(32,33)30(24-12-6-2-7-13-24)21-26-20-28(22-10-4-1-5-11-22)31(34-26)25-14-8-3-9-15-25/h1-19,26,28H,20-21H2/t26-,28-/m1/s1. The minimum absolute atomic E-state index is 0.0422. The Bertz CT molecular complexity index is 1300. The molecular formula is C28H25ClN2O3S. The van der Waals surface area contributed by atoms with Crippen molar-refractivity contribution in [3.63, 3.8) is 0 Å². The van der Waals surface area contributed by atoms with Crippen LogP contribution >= 0.6 is 11.6 Å². The van der Waals surface area contributed by atoms with Crippen LogP contribution in [0, 0.1) is 0 Å². The van der Waals surface area contributed by atoms with Gasteiger partial charge in [-0.25, -0.2) is 13.5 Å². The summed E-state index contributed by atoms with van der Waals surface area (Å²) in [6.45, 7) is 0.168. The number of anilines is 2. The van der Waals surface area contributed by atoms with Crippen molar-refractivity contribution in [1.82, 2.24) is 0 Å². The van der Waals surface area contributed by atoms with E-state index in [-0.39, 0.29) is 23.6 Å². The molecule has 7 heteroatoms. The van der Waals surface area contributed by atoms with Gasteiger partial charge in [0.1, 0.15) is 6.10 Å². The van der Waals surface area contributed by atoms with Gasteiger partial charge in [-0.1, -0.05) is 78.3 Å². The zero-order chi connectivity index (χ0) is 24.3. The van der Waals surface area contributed by atoms with Crippen LogP contribution in [0.25, 0.3) is 0 Å². The molecule has 0 aromatic heterocycles. The lowest BCUT2D eigenvalue weighted by molar-refractivity contribution is 0.0898. The van der Waals surface area contributed by atoms with E-state index in [0.717, 1.165) is 11.3 Å². The predicted molar refractivity (Wildman–Crippen MR) is 140 cm³/mol. The SMILES string of the molecule is O=S(=O)(c1ccc(Cl)cc1)N(C[C@H]1C[C@H](c2ccccc2)N(c2ccccc2)O1)c1ccccc1. The molecule has 0 unspecified atom stereocenters. The summed E-state index contributed by atoms with van der Waals surface area (Å²) in [6.07, 6.45) is 0.279. The lowest BCUT2D eigenvalue weighted by Gasteiger charge is -2.28. The fraction of sp³-hybridized carbons (Fsp3) is 0.143. The molecule has 5 nitrogen and oxygen atoms in total. The molecule has 1 aliphatic heterocycles. The van der Waals surface area contributed by atoms with Gasteiger partial charge in [-0.3, -0.25) is 9.14 Å². The minimum Gasteiger partial charge on any atom is -0.268 e. The largest absolute Gasteiger partial charge is 0.268 e. The number of para-hydroxylation sites is 2. The van der Waals surface area contributed by atoms with Crippen LogP contribution in [0.5, 0.6) is 0 Å². The molecule has 0 saturated carbocycles. The number of benzene rings is 4. The highest BCUT2D eigenvalue weighted by Crippen LogP contribution is 2.39. The zero-order valence-corrected chi connectivity index (χ0v) is 20.5. The van der Waals surface area contributed by atoms with Gasteiger partial charge in [0, 0.05) is 11.4 Å². The van der Waals surface area contributed by atoms with Crippen molar-refractivity contribution in [2.45, 2.75) is 23.5 Å². The van der Waals surface area contributed by atoms with E-state index in [1.807, 2.05) is 71.8 Å². The summed E-state index contributed by atoms with van der Waals surface area (Å²) in [7, 11) is -3.85. The van der Waals surface area contributed by atoms with E-state index in [4.69, 9.17) is 16.4 Å². The molecule has 0 radical (unpaired) electrons. The van der Waals surface area contributed by atoms with Crippen LogP contribution in [0.15, 0.2) is 120 Å². The molecule has 0 N–H and O–H groups in total. The Morgan fingerprint density at radius 3 is 2.00 bits per heavy atom. The van der Waals surface area contributed by atoms with E-state index < -0.39 is 10.0 Å². The maximum atomic E-state index is 13.7. The number of nitrogens with zero attached hydrogens (tertiary/aromatic N) is 2. The van der Waals surface area contributed by atoms with Gasteiger partial charge >= 0.3 is 0 Å². The van der Waals surface area contributed by atoms with Crippen LogP contribution in [-0.2, 0) is 14.9 Å². The summed E-state index contributed by atoms with van der Waals surface area (Å²) >= 11 is 6.01. The Kier molecular flexibility index (Phi) is 6.77.